The van der Waals surface area contributed by atoms with Gasteiger partial charge in [0, 0.05) is 17.1 Å². The van der Waals surface area contributed by atoms with Crippen molar-refractivity contribution in [2.45, 2.75) is 20.0 Å². The molecule has 17 heavy (non-hydrogen) atoms. The third-order valence-corrected chi connectivity index (χ3v) is 2.80. The molecule has 0 saturated heterocycles. The van der Waals surface area contributed by atoms with Crippen LogP contribution in [0.5, 0.6) is 5.75 Å². The molecule has 1 amide bonds. The number of carbonyl (C=O) groups excluding carboxylic acids is 1. The summed E-state index contributed by atoms with van der Waals surface area (Å²) in [5, 5.41) is 11.8. The zero-order chi connectivity index (χ0) is 12.8. The van der Waals surface area contributed by atoms with Crippen molar-refractivity contribution >= 4 is 21.8 Å². The molecule has 0 spiro atoms. The van der Waals surface area contributed by atoms with Crippen LogP contribution in [0.4, 0.5) is 0 Å². The predicted molar refractivity (Wildman–Crippen MR) is 69.0 cm³/mol. The molecule has 0 aromatic heterocycles. The van der Waals surface area contributed by atoms with Crippen LogP contribution < -0.4 is 10.1 Å². The van der Waals surface area contributed by atoms with Gasteiger partial charge in [-0.15, -0.1) is 0 Å². The summed E-state index contributed by atoms with van der Waals surface area (Å²) in [5.41, 5.74) is 1.65. The van der Waals surface area contributed by atoms with Crippen LogP contribution in [0.2, 0.25) is 0 Å². The highest BCUT2D eigenvalue weighted by Crippen LogP contribution is 2.28. The Bertz CT molecular complexity index is 407. The molecule has 0 heterocycles. The summed E-state index contributed by atoms with van der Waals surface area (Å²) >= 11 is 3.36. The highest BCUT2D eigenvalue weighted by atomic mass is 79.9. The summed E-state index contributed by atoms with van der Waals surface area (Å²) in [6, 6.07) is 3.72. The lowest BCUT2D eigenvalue weighted by molar-refractivity contribution is -0.121. The Balaban J connectivity index is 2.73. The van der Waals surface area contributed by atoms with Crippen molar-refractivity contribution in [3.8, 4) is 5.75 Å². The van der Waals surface area contributed by atoms with Gasteiger partial charge < -0.3 is 15.2 Å². The fourth-order valence-electron chi connectivity index (χ4n) is 1.49. The zero-order valence-corrected chi connectivity index (χ0v) is 11.5. The molecular weight excluding hydrogens is 286 g/mol. The maximum absolute atomic E-state index is 11.0. The monoisotopic (exact) mass is 301 g/mol. The van der Waals surface area contributed by atoms with Crippen molar-refractivity contribution in [3.05, 3.63) is 27.7 Å². The van der Waals surface area contributed by atoms with Gasteiger partial charge in [0.2, 0.25) is 5.91 Å². The average Bonchev–Trinajstić information content (AvgIpc) is 2.30. The molecule has 0 aliphatic heterocycles. The topological polar surface area (TPSA) is 58.6 Å². The van der Waals surface area contributed by atoms with Gasteiger partial charge in [0.05, 0.1) is 19.6 Å². The van der Waals surface area contributed by atoms with Crippen LogP contribution in [-0.2, 0) is 11.4 Å². The van der Waals surface area contributed by atoms with E-state index in [1.165, 1.54) is 0 Å². The first kappa shape index (κ1) is 14.0. The van der Waals surface area contributed by atoms with Crippen molar-refractivity contribution in [2.24, 2.45) is 0 Å². The van der Waals surface area contributed by atoms with Gasteiger partial charge in [0.25, 0.3) is 0 Å². The third-order valence-electron chi connectivity index (χ3n) is 2.34. The van der Waals surface area contributed by atoms with Crippen molar-refractivity contribution in [1.29, 1.82) is 0 Å². The fraction of sp³-hybridized carbons (Fsp3) is 0.417. The number of amides is 1. The van der Waals surface area contributed by atoms with Crippen molar-refractivity contribution < 1.29 is 14.6 Å². The van der Waals surface area contributed by atoms with Crippen molar-refractivity contribution in [2.75, 3.05) is 13.7 Å². The SMILES string of the molecule is CNC(=O)CCOc1c(C)cc(Br)cc1CO. The van der Waals surface area contributed by atoms with E-state index in [0.29, 0.717) is 24.3 Å². The molecule has 2 N–H and O–H groups in total. The summed E-state index contributed by atoms with van der Waals surface area (Å²) in [5.74, 6) is 0.588. The number of hydrogen-bond donors (Lipinski definition) is 2. The Hall–Kier alpha value is -1.07. The molecule has 4 nitrogen and oxygen atoms in total. The van der Waals surface area contributed by atoms with Gasteiger partial charge in [0.15, 0.2) is 0 Å². The van der Waals surface area contributed by atoms with Crippen molar-refractivity contribution in [1.82, 2.24) is 5.32 Å². The fourth-order valence-corrected chi connectivity index (χ4v) is 2.11. The minimum Gasteiger partial charge on any atom is -0.492 e. The number of halogens is 1. The number of ether oxygens (including phenoxy) is 1. The van der Waals surface area contributed by atoms with E-state index in [1.807, 2.05) is 19.1 Å². The molecule has 0 aliphatic rings. The second kappa shape index (κ2) is 6.61. The van der Waals surface area contributed by atoms with Gasteiger partial charge in [-0.1, -0.05) is 15.9 Å². The van der Waals surface area contributed by atoms with Crippen LogP contribution in [0.25, 0.3) is 0 Å². The molecule has 0 unspecified atom stereocenters. The number of aliphatic hydroxyl groups is 1. The Labute approximate surface area is 109 Å². The molecule has 94 valence electrons. The molecule has 5 heteroatoms. The largest absolute Gasteiger partial charge is 0.492 e. The summed E-state index contributed by atoms with van der Waals surface area (Å²) in [6.07, 6.45) is 0.302. The van der Waals surface area contributed by atoms with E-state index in [-0.39, 0.29) is 12.5 Å². The predicted octanol–water partition coefficient (Wildman–Crippen LogP) is 1.76. The zero-order valence-electron chi connectivity index (χ0n) is 9.92. The number of benzene rings is 1. The summed E-state index contributed by atoms with van der Waals surface area (Å²) in [6.45, 7) is 2.11. The number of nitrogens with one attached hydrogen (secondary N) is 1. The first-order chi connectivity index (χ1) is 8.08. The van der Waals surface area contributed by atoms with E-state index >= 15 is 0 Å². The quantitative estimate of drug-likeness (QED) is 0.871. The minimum absolute atomic E-state index is 0.0645. The Morgan fingerprint density at radius 2 is 2.24 bits per heavy atom. The maximum atomic E-state index is 11.0. The van der Waals surface area contributed by atoms with Gasteiger partial charge >= 0.3 is 0 Å². The molecule has 0 radical (unpaired) electrons. The lowest BCUT2D eigenvalue weighted by Crippen LogP contribution is -2.20. The summed E-state index contributed by atoms with van der Waals surface area (Å²) < 4.78 is 6.45. The van der Waals surface area contributed by atoms with Crippen LogP contribution in [0, 0.1) is 6.92 Å². The molecule has 0 aliphatic carbocycles. The van der Waals surface area contributed by atoms with Crippen LogP contribution in [0.3, 0.4) is 0 Å². The molecule has 1 aromatic carbocycles. The number of rotatable bonds is 5. The van der Waals surface area contributed by atoms with E-state index in [4.69, 9.17) is 4.74 Å². The Kier molecular flexibility index (Phi) is 5.44. The Morgan fingerprint density at radius 1 is 1.53 bits per heavy atom. The van der Waals surface area contributed by atoms with Crippen LogP contribution in [0.15, 0.2) is 16.6 Å². The summed E-state index contributed by atoms with van der Waals surface area (Å²) in [4.78, 5) is 11.0. The van der Waals surface area contributed by atoms with Crippen LogP contribution in [-0.4, -0.2) is 24.7 Å². The number of aliphatic hydroxyl groups excluding tert-OH is 1. The normalized spacial score (nSPS) is 10.1. The van der Waals surface area contributed by atoms with E-state index in [1.54, 1.807) is 7.05 Å². The van der Waals surface area contributed by atoms with Gasteiger partial charge in [-0.05, 0) is 24.6 Å². The summed E-state index contributed by atoms with van der Waals surface area (Å²) in [7, 11) is 1.59. The van der Waals surface area contributed by atoms with Crippen molar-refractivity contribution in [3.63, 3.8) is 0 Å². The van der Waals surface area contributed by atoms with Gasteiger partial charge in [-0.25, -0.2) is 0 Å². The van der Waals surface area contributed by atoms with E-state index in [0.717, 1.165) is 10.0 Å². The standard InChI is InChI=1S/C12H16BrNO3/c1-8-5-10(13)6-9(7-15)12(8)17-4-3-11(16)14-2/h5-6,15H,3-4,7H2,1-2H3,(H,14,16). The molecule has 1 rings (SSSR count). The molecule has 0 fully saturated rings. The first-order valence-corrected chi connectivity index (χ1v) is 6.11. The third kappa shape index (κ3) is 4.02. The number of hydrogen-bond acceptors (Lipinski definition) is 3. The van der Waals surface area contributed by atoms with E-state index in [9.17, 15) is 9.90 Å². The molecule has 0 atom stereocenters. The molecule has 1 aromatic rings. The molecular formula is C12H16BrNO3. The smallest absolute Gasteiger partial charge is 0.223 e. The lowest BCUT2D eigenvalue weighted by atomic mass is 10.1. The number of carbonyl (C=O) groups is 1. The van der Waals surface area contributed by atoms with E-state index in [2.05, 4.69) is 21.2 Å². The number of aryl methyl sites for hydroxylation is 1. The van der Waals surface area contributed by atoms with Gasteiger partial charge in [-0.2, -0.15) is 0 Å². The second-order valence-corrected chi connectivity index (χ2v) is 4.56. The Morgan fingerprint density at radius 3 is 2.82 bits per heavy atom. The highest BCUT2D eigenvalue weighted by molar-refractivity contribution is 9.10. The maximum Gasteiger partial charge on any atom is 0.223 e. The molecule has 0 saturated carbocycles. The minimum atomic E-state index is -0.0877. The average molecular weight is 302 g/mol. The van der Waals surface area contributed by atoms with Crippen LogP contribution >= 0.6 is 15.9 Å². The highest BCUT2D eigenvalue weighted by Gasteiger charge is 2.09. The van der Waals surface area contributed by atoms with Gasteiger partial charge in [-0.3, -0.25) is 4.79 Å². The second-order valence-electron chi connectivity index (χ2n) is 3.64. The van der Waals surface area contributed by atoms with Crippen LogP contribution in [0.1, 0.15) is 17.5 Å². The van der Waals surface area contributed by atoms with Gasteiger partial charge in [0.1, 0.15) is 5.75 Å². The molecule has 0 bridgehead atoms. The lowest BCUT2D eigenvalue weighted by Gasteiger charge is -2.13. The van der Waals surface area contributed by atoms with E-state index < -0.39 is 0 Å². The first-order valence-electron chi connectivity index (χ1n) is 5.31.